The van der Waals surface area contributed by atoms with Gasteiger partial charge in [0.25, 0.3) is 0 Å². The molecule has 0 aliphatic heterocycles. The van der Waals surface area contributed by atoms with Gasteiger partial charge in [-0.15, -0.1) is 0 Å². The minimum absolute atomic E-state index is 0.140. The molecule has 0 spiro atoms. The van der Waals surface area contributed by atoms with Crippen molar-refractivity contribution >= 4 is 11.6 Å². The summed E-state index contributed by atoms with van der Waals surface area (Å²) in [5.41, 5.74) is 11.7. The van der Waals surface area contributed by atoms with Crippen LogP contribution in [0.4, 0.5) is 11.6 Å². The van der Waals surface area contributed by atoms with Gasteiger partial charge in [-0.25, -0.2) is 4.68 Å². The lowest BCUT2D eigenvalue weighted by atomic mass is 10.1. The molecule has 0 radical (unpaired) electrons. The second kappa shape index (κ2) is 4.63. The van der Waals surface area contributed by atoms with E-state index in [1.54, 1.807) is 0 Å². The number of nitrogens with two attached hydrogens (primary N) is 2. The molecular formula is C11H17N5O. The van der Waals surface area contributed by atoms with Gasteiger partial charge in [0.15, 0.2) is 5.82 Å². The summed E-state index contributed by atoms with van der Waals surface area (Å²) in [6.45, 7) is 0. The van der Waals surface area contributed by atoms with Crippen LogP contribution in [0.3, 0.4) is 0 Å². The minimum Gasteiger partial charge on any atom is -0.391 e. The maximum atomic E-state index is 10.1. The van der Waals surface area contributed by atoms with E-state index in [1.807, 2.05) is 6.07 Å². The third kappa shape index (κ3) is 2.06. The van der Waals surface area contributed by atoms with E-state index in [2.05, 4.69) is 5.10 Å². The second-order valence-electron chi connectivity index (χ2n) is 4.47. The first-order chi connectivity index (χ1) is 8.15. The van der Waals surface area contributed by atoms with Crippen LogP contribution in [0.2, 0.25) is 0 Å². The Morgan fingerprint density at radius 2 is 2.00 bits per heavy atom. The molecule has 1 aliphatic carbocycles. The van der Waals surface area contributed by atoms with Crippen LogP contribution in [-0.2, 0) is 0 Å². The van der Waals surface area contributed by atoms with E-state index in [4.69, 9.17) is 16.7 Å². The van der Waals surface area contributed by atoms with Crippen molar-refractivity contribution in [2.75, 3.05) is 11.5 Å². The molecule has 1 aromatic rings. The van der Waals surface area contributed by atoms with Crippen molar-refractivity contribution in [2.24, 2.45) is 0 Å². The SMILES string of the molecule is N#Cc1c(N)nn(C2CCCCCC2O)c1N. The molecule has 92 valence electrons. The Morgan fingerprint density at radius 3 is 2.65 bits per heavy atom. The van der Waals surface area contributed by atoms with Crippen molar-refractivity contribution < 1.29 is 5.11 Å². The van der Waals surface area contributed by atoms with E-state index in [1.165, 1.54) is 4.68 Å². The molecule has 0 bridgehead atoms. The Bertz CT molecular complexity index is 447. The van der Waals surface area contributed by atoms with Gasteiger partial charge < -0.3 is 16.6 Å². The highest BCUT2D eigenvalue weighted by Crippen LogP contribution is 2.31. The predicted molar refractivity (Wildman–Crippen MR) is 63.9 cm³/mol. The van der Waals surface area contributed by atoms with Crippen LogP contribution >= 0.6 is 0 Å². The molecule has 5 N–H and O–H groups in total. The largest absolute Gasteiger partial charge is 0.391 e. The molecule has 6 nitrogen and oxygen atoms in total. The van der Waals surface area contributed by atoms with Gasteiger partial charge in [-0.2, -0.15) is 10.4 Å². The highest BCUT2D eigenvalue weighted by atomic mass is 16.3. The highest BCUT2D eigenvalue weighted by Gasteiger charge is 2.27. The Labute approximate surface area is 99.8 Å². The quantitative estimate of drug-likeness (QED) is 0.622. The lowest BCUT2D eigenvalue weighted by Gasteiger charge is -2.21. The van der Waals surface area contributed by atoms with Gasteiger partial charge in [-0.1, -0.05) is 19.3 Å². The van der Waals surface area contributed by atoms with Crippen LogP contribution in [0.25, 0.3) is 0 Å². The van der Waals surface area contributed by atoms with Crippen molar-refractivity contribution in [1.29, 1.82) is 5.26 Å². The monoisotopic (exact) mass is 235 g/mol. The average Bonchev–Trinajstić information content (AvgIpc) is 2.48. The molecule has 2 rings (SSSR count). The first-order valence-electron chi connectivity index (χ1n) is 5.86. The number of aliphatic hydroxyl groups is 1. The number of nitrogens with zero attached hydrogens (tertiary/aromatic N) is 3. The van der Waals surface area contributed by atoms with Crippen molar-refractivity contribution in [2.45, 2.75) is 44.2 Å². The van der Waals surface area contributed by atoms with Crippen molar-refractivity contribution in [3.05, 3.63) is 5.56 Å². The Balaban J connectivity index is 2.35. The van der Waals surface area contributed by atoms with Gasteiger partial charge in [-0.3, -0.25) is 0 Å². The minimum atomic E-state index is -0.467. The van der Waals surface area contributed by atoms with E-state index in [9.17, 15) is 5.11 Å². The van der Waals surface area contributed by atoms with Crippen LogP contribution in [0.5, 0.6) is 0 Å². The van der Waals surface area contributed by atoms with E-state index in [0.717, 1.165) is 32.1 Å². The van der Waals surface area contributed by atoms with Crippen molar-refractivity contribution in [1.82, 2.24) is 9.78 Å². The third-order valence-electron chi connectivity index (χ3n) is 3.34. The topological polar surface area (TPSA) is 114 Å². The highest BCUT2D eigenvalue weighted by molar-refractivity contribution is 5.61. The maximum absolute atomic E-state index is 10.1. The fraction of sp³-hybridized carbons (Fsp3) is 0.636. The summed E-state index contributed by atoms with van der Waals surface area (Å²) < 4.78 is 1.52. The van der Waals surface area contributed by atoms with Crippen LogP contribution in [0.1, 0.15) is 43.7 Å². The average molecular weight is 235 g/mol. The van der Waals surface area contributed by atoms with Gasteiger partial charge in [0.1, 0.15) is 17.5 Å². The van der Waals surface area contributed by atoms with E-state index < -0.39 is 6.10 Å². The lowest BCUT2D eigenvalue weighted by molar-refractivity contribution is 0.100. The van der Waals surface area contributed by atoms with Crippen molar-refractivity contribution in [3.8, 4) is 6.07 Å². The number of anilines is 2. The number of hydrogen-bond acceptors (Lipinski definition) is 5. The molecule has 17 heavy (non-hydrogen) atoms. The fourth-order valence-electron chi connectivity index (χ4n) is 2.39. The molecule has 0 amide bonds. The van der Waals surface area contributed by atoms with Gasteiger partial charge >= 0.3 is 0 Å². The molecule has 0 saturated heterocycles. The van der Waals surface area contributed by atoms with Gasteiger partial charge in [0.2, 0.25) is 0 Å². The standard InChI is InChI=1S/C11H17N5O/c12-6-7-10(13)15-16(11(7)14)8-4-2-1-3-5-9(8)17/h8-9,17H,1-5,14H2,(H2,13,15). The number of aliphatic hydroxyl groups excluding tert-OH is 1. The van der Waals surface area contributed by atoms with E-state index in [-0.39, 0.29) is 23.2 Å². The van der Waals surface area contributed by atoms with Gasteiger partial charge in [-0.05, 0) is 12.8 Å². The lowest BCUT2D eigenvalue weighted by Crippen LogP contribution is -2.25. The normalized spacial score (nSPS) is 25.2. The molecule has 1 saturated carbocycles. The summed E-state index contributed by atoms with van der Waals surface area (Å²) in [5, 5.41) is 23.0. The summed E-state index contributed by atoms with van der Waals surface area (Å²) in [5.74, 6) is 0.400. The molecule has 6 heteroatoms. The number of nitriles is 1. The van der Waals surface area contributed by atoms with Crippen LogP contribution in [0, 0.1) is 11.3 Å². The second-order valence-corrected chi connectivity index (χ2v) is 4.47. The maximum Gasteiger partial charge on any atom is 0.165 e. The summed E-state index contributed by atoms with van der Waals surface area (Å²) in [6.07, 6.45) is 4.24. The van der Waals surface area contributed by atoms with E-state index >= 15 is 0 Å². The summed E-state index contributed by atoms with van der Waals surface area (Å²) in [4.78, 5) is 0. The zero-order valence-corrected chi connectivity index (χ0v) is 9.63. The van der Waals surface area contributed by atoms with Gasteiger partial charge in [0.05, 0.1) is 12.1 Å². The van der Waals surface area contributed by atoms with Crippen molar-refractivity contribution in [3.63, 3.8) is 0 Å². The number of rotatable bonds is 1. The molecule has 1 fully saturated rings. The molecule has 1 aliphatic rings. The summed E-state index contributed by atoms with van der Waals surface area (Å²) in [6, 6.07) is 1.77. The Hall–Kier alpha value is -1.74. The summed E-state index contributed by atoms with van der Waals surface area (Å²) in [7, 11) is 0. The first-order valence-corrected chi connectivity index (χ1v) is 5.86. The number of hydrogen-bond donors (Lipinski definition) is 3. The molecule has 2 unspecified atom stereocenters. The predicted octanol–water partition coefficient (Wildman–Crippen LogP) is 0.785. The van der Waals surface area contributed by atoms with Crippen LogP contribution in [-0.4, -0.2) is 21.0 Å². The zero-order chi connectivity index (χ0) is 12.4. The molecule has 0 aromatic carbocycles. The third-order valence-corrected chi connectivity index (χ3v) is 3.34. The number of nitrogen functional groups attached to an aromatic ring is 2. The Morgan fingerprint density at radius 1 is 1.29 bits per heavy atom. The molecular weight excluding hydrogens is 218 g/mol. The first kappa shape index (κ1) is 11.7. The smallest absolute Gasteiger partial charge is 0.165 e. The molecule has 1 heterocycles. The van der Waals surface area contributed by atoms with Crippen LogP contribution in [0.15, 0.2) is 0 Å². The number of aromatic nitrogens is 2. The zero-order valence-electron chi connectivity index (χ0n) is 9.63. The summed E-state index contributed by atoms with van der Waals surface area (Å²) >= 11 is 0. The molecule has 2 atom stereocenters. The van der Waals surface area contributed by atoms with Gasteiger partial charge in [0, 0.05) is 0 Å². The molecule has 1 aromatic heterocycles. The van der Waals surface area contributed by atoms with Crippen LogP contribution < -0.4 is 11.5 Å². The Kier molecular flexibility index (Phi) is 3.20. The van der Waals surface area contributed by atoms with E-state index in [0.29, 0.717) is 0 Å². The fourth-order valence-corrected chi connectivity index (χ4v) is 2.39.